The molecule has 0 aliphatic carbocycles. The van der Waals surface area contributed by atoms with Crippen LogP contribution in [-0.2, 0) is 0 Å². The summed E-state index contributed by atoms with van der Waals surface area (Å²) in [6.45, 7) is 1.79. The summed E-state index contributed by atoms with van der Waals surface area (Å²) in [5, 5.41) is 10.0. The van der Waals surface area contributed by atoms with Crippen molar-refractivity contribution in [1.29, 1.82) is 0 Å². The van der Waals surface area contributed by atoms with Crippen molar-refractivity contribution < 1.29 is 9.90 Å². The third-order valence-corrected chi connectivity index (χ3v) is 4.54. The Morgan fingerprint density at radius 2 is 1.93 bits per heavy atom. The maximum atomic E-state index is 12.0. The first-order valence-corrected chi connectivity index (χ1v) is 8.54. The summed E-state index contributed by atoms with van der Waals surface area (Å²) in [5.74, 6) is -0.312. The second-order valence-corrected chi connectivity index (χ2v) is 6.45. The van der Waals surface area contributed by atoms with Gasteiger partial charge in [-0.1, -0.05) is 30.3 Å². The summed E-state index contributed by atoms with van der Waals surface area (Å²) in [6, 6.07) is 14.5. The molecule has 1 amide bonds. The summed E-state index contributed by atoms with van der Waals surface area (Å²) in [5.41, 5.74) is 8.46. The molecule has 0 aliphatic heterocycles. The summed E-state index contributed by atoms with van der Waals surface area (Å²) in [4.78, 5) is 23.9. The number of amides is 1. The molecule has 0 saturated heterocycles. The van der Waals surface area contributed by atoms with Crippen LogP contribution < -0.4 is 5.73 Å². The number of aryl methyl sites for hydroxylation is 1. The van der Waals surface area contributed by atoms with E-state index in [1.165, 1.54) is 0 Å². The molecule has 4 aromatic rings. The first-order chi connectivity index (χ1) is 13.0. The fourth-order valence-corrected chi connectivity index (χ4v) is 3.15. The van der Waals surface area contributed by atoms with Crippen LogP contribution in [0.3, 0.4) is 0 Å². The van der Waals surface area contributed by atoms with E-state index in [0.29, 0.717) is 21.5 Å². The lowest BCUT2D eigenvalue weighted by molar-refractivity contribution is 0.0997. The van der Waals surface area contributed by atoms with Gasteiger partial charge in [-0.3, -0.25) is 9.36 Å². The number of carbonyl (C=O) groups excluding carboxylic acids is 1. The minimum absolute atomic E-state index is 0.0378. The summed E-state index contributed by atoms with van der Waals surface area (Å²) >= 11 is 5.43. The third kappa shape index (κ3) is 2.85. The molecule has 2 aromatic carbocycles. The Bertz CT molecular complexity index is 1240. The first-order valence-electron chi connectivity index (χ1n) is 8.13. The van der Waals surface area contributed by atoms with Gasteiger partial charge >= 0.3 is 0 Å². The fraction of sp³-hybridized carbons (Fsp3) is 0.0526. The fourth-order valence-electron chi connectivity index (χ4n) is 2.86. The summed E-state index contributed by atoms with van der Waals surface area (Å²) in [7, 11) is 0. The van der Waals surface area contributed by atoms with Crippen molar-refractivity contribution in [2.24, 2.45) is 5.73 Å². The van der Waals surface area contributed by atoms with Crippen molar-refractivity contribution in [1.82, 2.24) is 19.5 Å². The van der Waals surface area contributed by atoms with E-state index in [1.807, 2.05) is 30.3 Å². The van der Waals surface area contributed by atoms with E-state index in [4.69, 9.17) is 18.0 Å². The van der Waals surface area contributed by atoms with Gasteiger partial charge in [0.05, 0.1) is 0 Å². The number of hydrogen-bond acceptors (Lipinski definition) is 5. The summed E-state index contributed by atoms with van der Waals surface area (Å²) in [6.07, 6.45) is 0. The van der Waals surface area contributed by atoms with Gasteiger partial charge in [-0.05, 0) is 42.9 Å². The van der Waals surface area contributed by atoms with E-state index >= 15 is 0 Å². The second-order valence-electron chi connectivity index (χ2n) is 6.06. The van der Waals surface area contributed by atoms with E-state index in [-0.39, 0.29) is 17.3 Å². The van der Waals surface area contributed by atoms with Crippen LogP contribution in [0.4, 0.5) is 0 Å². The highest BCUT2D eigenvalue weighted by Crippen LogP contribution is 2.27. The van der Waals surface area contributed by atoms with Crippen LogP contribution in [0.2, 0.25) is 0 Å². The number of aromatic amines is 1. The number of phenols is 1. The number of hydrogen-bond donors (Lipinski definition) is 3. The molecule has 134 valence electrons. The lowest BCUT2D eigenvalue weighted by atomic mass is 10.1. The van der Waals surface area contributed by atoms with Gasteiger partial charge in [0.2, 0.25) is 0 Å². The Morgan fingerprint density at radius 3 is 2.59 bits per heavy atom. The number of benzene rings is 2. The van der Waals surface area contributed by atoms with Crippen molar-refractivity contribution in [3.63, 3.8) is 0 Å². The number of rotatable bonds is 3. The number of H-pyrrole nitrogens is 1. The number of nitrogens with one attached hydrogen (secondary N) is 1. The number of nitrogens with two attached hydrogens (primary N) is 1. The maximum Gasteiger partial charge on any atom is 0.269 e. The van der Waals surface area contributed by atoms with Gasteiger partial charge in [0.15, 0.2) is 21.9 Å². The molecule has 0 radical (unpaired) electrons. The highest BCUT2D eigenvalue weighted by atomic mass is 32.1. The number of aromatic hydroxyl groups is 1. The Hall–Kier alpha value is -3.52. The Kier molecular flexibility index (Phi) is 3.97. The number of para-hydroxylation sites is 1. The molecule has 0 saturated carbocycles. The van der Waals surface area contributed by atoms with Crippen molar-refractivity contribution in [2.75, 3.05) is 0 Å². The molecule has 2 aromatic heterocycles. The van der Waals surface area contributed by atoms with Crippen LogP contribution in [0.25, 0.3) is 28.2 Å². The van der Waals surface area contributed by atoms with E-state index in [0.717, 1.165) is 11.3 Å². The van der Waals surface area contributed by atoms with Crippen LogP contribution in [0.1, 0.15) is 16.1 Å². The molecule has 0 atom stereocenters. The molecule has 4 N–H and O–H groups in total. The van der Waals surface area contributed by atoms with Gasteiger partial charge in [0.1, 0.15) is 11.3 Å². The lowest BCUT2D eigenvalue weighted by Gasteiger charge is -2.08. The van der Waals surface area contributed by atoms with Gasteiger partial charge < -0.3 is 15.8 Å². The highest BCUT2D eigenvalue weighted by Gasteiger charge is 2.19. The van der Waals surface area contributed by atoms with Gasteiger partial charge in [-0.15, -0.1) is 0 Å². The highest BCUT2D eigenvalue weighted by molar-refractivity contribution is 7.71. The van der Waals surface area contributed by atoms with Crippen LogP contribution in [0.5, 0.6) is 5.75 Å². The van der Waals surface area contributed by atoms with Crippen LogP contribution >= 0.6 is 12.2 Å². The topological polar surface area (TPSA) is 110 Å². The van der Waals surface area contributed by atoms with E-state index in [2.05, 4.69) is 15.0 Å². The van der Waals surface area contributed by atoms with E-state index in [1.54, 1.807) is 29.7 Å². The largest absolute Gasteiger partial charge is 0.508 e. The standard InChI is InChI=1S/C19H15N5O2S/c1-10-7-8-11(9-13(10)25)17-21-14(16(20)26)15-18(23-17)24(19(27)22-15)12-5-3-2-4-6-12/h2-9,25H,1H3,(H2,20,26)(H,22,27). The van der Waals surface area contributed by atoms with Crippen LogP contribution in [0, 0.1) is 11.7 Å². The Labute approximate surface area is 159 Å². The first kappa shape index (κ1) is 16.9. The molecule has 2 heterocycles. The molecule has 27 heavy (non-hydrogen) atoms. The molecular weight excluding hydrogens is 362 g/mol. The predicted octanol–water partition coefficient (Wildman–Crippen LogP) is 3.26. The average molecular weight is 377 g/mol. The number of nitrogens with zero attached hydrogens (tertiary/aromatic N) is 3. The number of fused-ring (bicyclic) bond motifs is 1. The number of phenolic OH excluding ortho intramolecular Hbond substituents is 1. The zero-order chi connectivity index (χ0) is 19.1. The maximum absolute atomic E-state index is 12.0. The molecular formula is C19H15N5O2S. The summed E-state index contributed by atoms with van der Waals surface area (Å²) < 4.78 is 2.09. The minimum Gasteiger partial charge on any atom is -0.508 e. The molecule has 0 bridgehead atoms. The van der Waals surface area contributed by atoms with Crippen LogP contribution in [0.15, 0.2) is 48.5 Å². The van der Waals surface area contributed by atoms with E-state index < -0.39 is 5.91 Å². The third-order valence-electron chi connectivity index (χ3n) is 4.25. The minimum atomic E-state index is -0.698. The predicted molar refractivity (Wildman–Crippen MR) is 104 cm³/mol. The molecule has 7 nitrogen and oxygen atoms in total. The normalized spacial score (nSPS) is 11.0. The van der Waals surface area contributed by atoms with Crippen molar-refractivity contribution >= 4 is 29.3 Å². The molecule has 0 aliphatic rings. The number of carbonyl (C=O) groups is 1. The smallest absolute Gasteiger partial charge is 0.269 e. The molecule has 4 rings (SSSR count). The zero-order valence-electron chi connectivity index (χ0n) is 14.3. The van der Waals surface area contributed by atoms with Crippen LogP contribution in [-0.4, -0.2) is 30.5 Å². The van der Waals surface area contributed by atoms with Crippen molar-refractivity contribution in [2.45, 2.75) is 6.92 Å². The van der Waals surface area contributed by atoms with Gasteiger partial charge in [0.25, 0.3) is 5.91 Å². The van der Waals surface area contributed by atoms with Crippen molar-refractivity contribution in [3.8, 4) is 22.8 Å². The monoisotopic (exact) mass is 377 g/mol. The number of imidazole rings is 1. The van der Waals surface area contributed by atoms with Gasteiger partial charge in [-0.2, -0.15) is 0 Å². The molecule has 0 fully saturated rings. The van der Waals surface area contributed by atoms with Gasteiger partial charge in [0, 0.05) is 11.3 Å². The molecule has 0 unspecified atom stereocenters. The molecule has 0 spiro atoms. The SMILES string of the molecule is Cc1ccc(-c2nc(C(N)=O)c3[nH]c(=S)n(-c4ccccc4)c3n2)cc1O. The van der Waals surface area contributed by atoms with E-state index in [9.17, 15) is 9.90 Å². The Balaban J connectivity index is 2.06. The van der Waals surface area contributed by atoms with Gasteiger partial charge in [-0.25, -0.2) is 9.97 Å². The van der Waals surface area contributed by atoms with Crippen molar-refractivity contribution in [3.05, 3.63) is 64.6 Å². The Morgan fingerprint density at radius 1 is 1.19 bits per heavy atom. The lowest BCUT2D eigenvalue weighted by Crippen LogP contribution is -2.15. The number of primary amides is 1. The quantitative estimate of drug-likeness (QED) is 0.475. The second kappa shape index (κ2) is 6.33. The zero-order valence-corrected chi connectivity index (χ0v) is 15.1. The molecule has 8 heteroatoms. The average Bonchev–Trinajstić information content (AvgIpc) is 2.99. The number of aromatic nitrogens is 4.